The van der Waals surface area contributed by atoms with E-state index in [0.717, 1.165) is 11.1 Å². The molecule has 0 spiro atoms. The molecule has 2 amide bonds. The molecule has 0 bridgehead atoms. The number of hydrogen-bond acceptors (Lipinski definition) is 8. The number of ether oxygens (including phenoxy) is 2. The van der Waals surface area contributed by atoms with Gasteiger partial charge in [-0.2, -0.15) is 9.41 Å². The number of anilines is 1. The van der Waals surface area contributed by atoms with Crippen LogP contribution >= 0.6 is 11.6 Å². The lowest BCUT2D eigenvalue weighted by Gasteiger charge is -2.21. The Morgan fingerprint density at radius 3 is 2.33 bits per heavy atom. The molecule has 0 aliphatic rings. The smallest absolute Gasteiger partial charge is 0.329 e. The molecule has 1 heterocycles. The van der Waals surface area contributed by atoms with Gasteiger partial charge in [-0.1, -0.05) is 41.4 Å². The van der Waals surface area contributed by atoms with Crippen molar-refractivity contribution in [1.82, 2.24) is 9.73 Å². The number of benzene rings is 3. The molecule has 1 aromatic heterocycles. The highest BCUT2D eigenvalue weighted by atomic mass is 35.5. The molecular formula is C30H29ClN4O7S. The zero-order valence-corrected chi connectivity index (χ0v) is 25.1. The molecule has 0 fully saturated rings. The van der Waals surface area contributed by atoms with E-state index in [1.807, 2.05) is 31.2 Å². The molecule has 0 aliphatic carbocycles. The second kappa shape index (κ2) is 14.0. The van der Waals surface area contributed by atoms with Gasteiger partial charge in [-0.15, -0.1) is 0 Å². The summed E-state index contributed by atoms with van der Waals surface area (Å²) in [6.07, 6.45) is 1.20. The average Bonchev–Trinajstić information content (AvgIpc) is 3.45. The standard InChI is InChI=1S/C30H29ClN4O7S/c1-20-4-6-21(7-5-20)18-35(43(38,39)26-13-8-22(31)9-14-26)19-25-11-10-24(42-25)17-32-34-30(37)29(36)33-27-15-12-23(40-2)16-28(27)41-3/h4-17H,18-19H2,1-3H3,(H,33,36)(H,34,37)/b32-17+. The first-order chi connectivity index (χ1) is 20.6. The number of carbonyl (C=O) groups excluding carboxylic acids is 2. The Labute approximate surface area is 254 Å². The zero-order chi connectivity index (χ0) is 31.0. The Balaban J connectivity index is 1.43. The van der Waals surface area contributed by atoms with Gasteiger partial charge in [0.25, 0.3) is 0 Å². The third-order valence-electron chi connectivity index (χ3n) is 6.17. The average molecular weight is 625 g/mol. The summed E-state index contributed by atoms with van der Waals surface area (Å²) < 4.78 is 44.5. The predicted molar refractivity (Wildman–Crippen MR) is 162 cm³/mol. The van der Waals surface area contributed by atoms with Crippen LogP contribution in [0, 0.1) is 6.92 Å². The van der Waals surface area contributed by atoms with Crippen LogP contribution in [0.4, 0.5) is 5.69 Å². The molecule has 4 rings (SSSR count). The van der Waals surface area contributed by atoms with E-state index in [1.54, 1.807) is 24.3 Å². The minimum absolute atomic E-state index is 0.0782. The van der Waals surface area contributed by atoms with Crippen LogP contribution in [0.2, 0.25) is 5.02 Å². The monoisotopic (exact) mass is 624 g/mol. The van der Waals surface area contributed by atoms with Gasteiger partial charge in [-0.25, -0.2) is 13.8 Å². The first-order valence-electron chi connectivity index (χ1n) is 12.9. The van der Waals surface area contributed by atoms with Crippen LogP contribution in [-0.2, 0) is 32.7 Å². The first-order valence-corrected chi connectivity index (χ1v) is 14.7. The highest BCUT2D eigenvalue weighted by Crippen LogP contribution is 2.29. The molecule has 2 N–H and O–H groups in total. The number of furan rings is 1. The normalized spacial score (nSPS) is 11.5. The van der Waals surface area contributed by atoms with E-state index in [4.69, 9.17) is 25.5 Å². The summed E-state index contributed by atoms with van der Waals surface area (Å²) in [7, 11) is -1.01. The van der Waals surface area contributed by atoms with Gasteiger partial charge in [-0.05, 0) is 61.0 Å². The number of nitrogens with zero attached hydrogens (tertiary/aromatic N) is 2. The van der Waals surface area contributed by atoms with E-state index in [2.05, 4.69) is 15.8 Å². The summed E-state index contributed by atoms with van der Waals surface area (Å²) in [5.74, 6) is -0.614. The molecular weight excluding hydrogens is 596 g/mol. The van der Waals surface area contributed by atoms with Crippen LogP contribution < -0.4 is 20.2 Å². The van der Waals surface area contributed by atoms with Gasteiger partial charge in [0.15, 0.2) is 0 Å². The van der Waals surface area contributed by atoms with Crippen molar-refractivity contribution in [2.45, 2.75) is 24.9 Å². The van der Waals surface area contributed by atoms with Crippen molar-refractivity contribution in [3.05, 3.63) is 107 Å². The van der Waals surface area contributed by atoms with Crippen molar-refractivity contribution in [3.63, 3.8) is 0 Å². The fraction of sp³-hybridized carbons (Fsp3) is 0.167. The third-order valence-corrected chi connectivity index (χ3v) is 8.22. The molecule has 0 unspecified atom stereocenters. The maximum Gasteiger partial charge on any atom is 0.329 e. The highest BCUT2D eigenvalue weighted by molar-refractivity contribution is 7.89. The summed E-state index contributed by atoms with van der Waals surface area (Å²) in [5.41, 5.74) is 4.24. The second-order valence-electron chi connectivity index (χ2n) is 9.24. The summed E-state index contributed by atoms with van der Waals surface area (Å²) in [6, 6.07) is 21.3. The Hall–Kier alpha value is -4.65. The Morgan fingerprint density at radius 2 is 1.65 bits per heavy atom. The molecule has 13 heteroatoms. The number of sulfonamides is 1. The summed E-state index contributed by atoms with van der Waals surface area (Å²) in [5, 5.41) is 6.63. The van der Waals surface area contributed by atoms with Gasteiger partial charge in [0.1, 0.15) is 23.0 Å². The molecule has 224 valence electrons. The zero-order valence-electron chi connectivity index (χ0n) is 23.5. The predicted octanol–water partition coefficient (Wildman–Crippen LogP) is 4.74. The van der Waals surface area contributed by atoms with E-state index in [0.29, 0.717) is 22.3 Å². The molecule has 3 aromatic carbocycles. The number of rotatable bonds is 11. The SMILES string of the molecule is COc1ccc(NC(=O)C(=O)N/N=C/c2ccc(CN(Cc3ccc(C)cc3)S(=O)(=O)c3ccc(Cl)cc3)o2)c(OC)c1. The van der Waals surface area contributed by atoms with E-state index in [1.165, 1.54) is 55.1 Å². The number of hydrogen-bond donors (Lipinski definition) is 2. The summed E-state index contributed by atoms with van der Waals surface area (Å²) >= 11 is 5.96. The first kappa shape index (κ1) is 31.3. The molecule has 0 atom stereocenters. The lowest BCUT2D eigenvalue weighted by molar-refractivity contribution is -0.136. The molecule has 0 aliphatic heterocycles. The fourth-order valence-corrected chi connectivity index (χ4v) is 5.41. The van der Waals surface area contributed by atoms with Crippen molar-refractivity contribution < 1.29 is 31.9 Å². The molecule has 11 nitrogen and oxygen atoms in total. The van der Waals surface area contributed by atoms with E-state index in [-0.39, 0.29) is 29.4 Å². The van der Waals surface area contributed by atoms with Crippen molar-refractivity contribution in [1.29, 1.82) is 0 Å². The fourth-order valence-electron chi connectivity index (χ4n) is 3.89. The molecule has 0 saturated heterocycles. The van der Waals surface area contributed by atoms with E-state index in [9.17, 15) is 18.0 Å². The van der Waals surface area contributed by atoms with Crippen LogP contribution in [0.3, 0.4) is 0 Å². The van der Waals surface area contributed by atoms with Gasteiger partial charge in [0.05, 0.1) is 37.6 Å². The van der Waals surface area contributed by atoms with Crippen LogP contribution in [0.5, 0.6) is 11.5 Å². The molecule has 0 radical (unpaired) electrons. The number of methoxy groups -OCH3 is 2. The summed E-state index contributed by atoms with van der Waals surface area (Å²) in [6.45, 7) is 1.97. The maximum absolute atomic E-state index is 13.6. The van der Waals surface area contributed by atoms with Crippen molar-refractivity contribution >= 4 is 45.3 Å². The van der Waals surface area contributed by atoms with Crippen molar-refractivity contribution in [2.75, 3.05) is 19.5 Å². The Kier molecular flexibility index (Phi) is 10.2. The number of nitrogens with one attached hydrogen (secondary N) is 2. The maximum atomic E-state index is 13.6. The van der Waals surface area contributed by atoms with Gasteiger partial charge in [0.2, 0.25) is 10.0 Å². The largest absolute Gasteiger partial charge is 0.497 e. The lowest BCUT2D eigenvalue weighted by atomic mass is 10.1. The molecule has 43 heavy (non-hydrogen) atoms. The number of carbonyl (C=O) groups is 2. The minimum atomic E-state index is -3.92. The van der Waals surface area contributed by atoms with Crippen LogP contribution in [0.25, 0.3) is 0 Å². The van der Waals surface area contributed by atoms with Gasteiger partial charge in [-0.3, -0.25) is 9.59 Å². The topological polar surface area (TPSA) is 140 Å². The van der Waals surface area contributed by atoms with Crippen LogP contribution in [-0.4, -0.2) is 45.0 Å². The van der Waals surface area contributed by atoms with Gasteiger partial charge >= 0.3 is 11.8 Å². The van der Waals surface area contributed by atoms with Crippen LogP contribution in [0.1, 0.15) is 22.6 Å². The van der Waals surface area contributed by atoms with Crippen LogP contribution in [0.15, 0.2) is 93.3 Å². The second-order valence-corrected chi connectivity index (χ2v) is 11.6. The Bertz CT molecular complexity index is 1720. The lowest BCUT2D eigenvalue weighted by Crippen LogP contribution is -2.32. The van der Waals surface area contributed by atoms with Gasteiger partial charge in [0, 0.05) is 17.6 Å². The van der Waals surface area contributed by atoms with E-state index < -0.39 is 21.8 Å². The highest BCUT2D eigenvalue weighted by Gasteiger charge is 2.26. The number of aryl methyl sites for hydroxylation is 1. The molecule has 0 saturated carbocycles. The minimum Gasteiger partial charge on any atom is -0.497 e. The van der Waals surface area contributed by atoms with Crippen molar-refractivity contribution in [2.24, 2.45) is 5.10 Å². The van der Waals surface area contributed by atoms with Crippen molar-refractivity contribution in [3.8, 4) is 11.5 Å². The quantitative estimate of drug-likeness (QED) is 0.140. The Morgan fingerprint density at radius 1 is 0.930 bits per heavy atom. The van der Waals surface area contributed by atoms with Gasteiger partial charge < -0.3 is 19.2 Å². The third kappa shape index (κ3) is 8.22. The molecule has 4 aromatic rings. The number of amides is 2. The van der Waals surface area contributed by atoms with E-state index >= 15 is 0 Å². The number of hydrazone groups is 1. The summed E-state index contributed by atoms with van der Waals surface area (Å²) in [4.78, 5) is 24.7. The number of halogens is 1.